The topological polar surface area (TPSA) is 17.8 Å². The van der Waals surface area contributed by atoms with E-state index in [0.29, 0.717) is 17.4 Å². The van der Waals surface area contributed by atoms with E-state index >= 15 is 0 Å². The Bertz CT molecular complexity index is 538. The summed E-state index contributed by atoms with van der Waals surface area (Å²) in [7, 11) is 0. The van der Waals surface area contributed by atoms with Gasteiger partial charge in [0.15, 0.2) is 0 Å². The van der Waals surface area contributed by atoms with Crippen LogP contribution in [-0.2, 0) is 11.9 Å². The fraction of sp³-hybridized carbons (Fsp3) is 0.308. The minimum atomic E-state index is -2.51. The summed E-state index contributed by atoms with van der Waals surface area (Å²) in [6, 6.07) is 7.73. The van der Waals surface area contributed by atoms with Gasteiger partial charge in [-0.1, -0.05) is 40.2 Å². The molecule has 2 aromatic rings. The standard InChI is InChI=1S/C13H13BrF2N2/c1-9-4-2-3-5-10(9)8-18-12(13(15)16)11(6-14)7-17-18/h2-5,7,13H,6,8H2,1H3. The molecule has 0 aliphatic rings. The maximum atomic E-state index is 13.0. The molecule has 0 fully saturated rings. The fourth-order valence-electron chi connectivity index (χ4n) is 1.86. The first-order valence-corrected chi connectivity index (χ1v) is 6.69. The smallest absolute Gasteiger partial charge is 0.259 e. The Morgan fingerprint density at radius 3 is 2.61 bits per heavy atom. The predicted octanol–water partition coefficient (Wildman–Crippen LogP) is 4.07. The normalized spacial score (nSPS) is 11.2. The van der Waals surface area contributed by atoms with Gasteiger partial charge in [-0.2, -0.15) is 5.10 Å². The molecule has 2 nitrogen and oxygen atoms in total. The van der Waals surface area contributed by atoms with Crippen molar-refractivity contribution in [3.05, 3.63) is 52.8 Å². The molecular formula is C13H13BrF2N2. The van der Waals surface area contributed by atoms with Crippen molar-refractivity contribution in [1.29, 1.82) is 0 Å². The predicted molar refractivity (Wildman–Crippen MR) is 70.1 cm³/mol. The van der Waals surface area contributed by atoms with Gasteiger partial charge in [-0.3, -0.25) is 4.68 Å². The molecule has 0 N–H and O–H groups in total. The van der Waals surface area contributed by atoms with Crippen LogP contribution in [0.5, 0.6) is 0 Å². The fourth-order valence-corrected chi connectivity index (χ4v) is 2.30. The van der Waals surface area contributed by atoms with Crippen molar-refractivity contribution in [2.75, 3.05) is 0 Å². The van der Waals surface area contributed by atoms with E-state index in [4.69, 9.17) is 0 Å². The van der Waals surface area contributed by atoms with Gasteiger partial charge in [-0.25, -0.2) is 8.78 Å². The molecule has 0 saturated carbocycles. The van der Waals surface area contributed by atoms with Crippen LogP contribution in [0.25, 0.3) is 0 Å². The van der Waals surface area contributed by atoms with E-state index in [1.54, 1.807) is 0 Å². The summed E-state index contributed by atoms with van der Waals surface area (Å²) >= 11 is 3.20. The number of hydrogen-bond donors (Lipinski definition) is 0. The number of nitrogens with zero attached hydrogens (tertiary/aromatic N) is 2. The Hall–Kier alpha value is -1.23. The number of hydrogen-bond acceptors (Lipinski definition) is 1. The summed E-state index contributed by atoms with van der Waals surface area (Å²) in [6.45, 7) is 2.34. The Morgan fingerprint density at radius 1 is 1.28 bits per heavy atom. The van der Waals surface area contributed by atoms with Gasteiger partial charge in [-0.05, 0) is 18.1 Å². The molecule has 2 rings (SSSR count). The monoisotopic (exact) mass is 314 g/mol. The third-order valence-electron chi connectivity index (χ3n) is 2.89. The van der Waals surface area contributed by atoms with Crippen LogP contribution in [0.1, 0.15) is 28.8 Å². The van der Waals surface area contributed by atoms with E-state index in [1.807, 2.05) is 31.2 Å². The number of aryl methyl sites for hydroxylation is 1. The first kappa shape index (κ1) is 13.2. The van der Waals surface area contributed by atoms with Gasteiger partial charge in [0, 0.05) is 10.9 Å². The van der Waals surface area contributed by atoms with Crippen LogP contribution >= 0.6 is 15.9 Å². The zero-order chi connectivity index (χ0) is 13.1. The number of alkyl halides is 3. The van der Waals surface area contributed by atoms with Crippen molar-refractivity contribution >= 4 is 15.9 Å². The molecule has 0 spiro atoms. The Morgan fingerprint density at radius 2 is 2.00 bits per heavy atom. The summed E-state index contributed by atoms with van der Waals surface area (Å²) in [6.07, 6.45) is -1.02. The molecular weight excluding hydrogens is 302 g/mol. The van der Waals surface area contributed by atoms with Crippen molar-refractivity contribution < 1.29 is 8.78 Å². The summed E-state index contributed by atoms with van der Waals surface area (Å²) in [5, 5.41) is 4.44. The van der Waals surface area contributed by atoms with Gasteiger partial charge < -0.3 is 0 Å². The SMILES string of the molecule is Cc1ccccc1Cn1ncc(CBr)c1C(F)F. The van der Waals surface area contributed by atoms with E-state index in [-0.39, 0.29) is 5.69 Å². The van der Waals surface area contributed by atoms with Crippen LogP contribution in [0, 0.1) is 6.92 Å². The molecule has 1 aromatic heterocycles. The maximum absolute atomic E-state index is 13.0. The molecule has 0 unspecified atom stereocenters. The Balaban J connectivity index is 2.35. The van der Waals surface area contributed by atoms with Gasteiger partial charge in [0.25, 0.3) is 6.43 Å². The molecule has 18 heavy (non-hydrogen) atoms. The number of halogens is 3. The minimum Gasteiger partial charge on any atom is -0.259 e. The molecule has 1 heterocycles. The number of aromatic nitrogens is 2. The lowest BCUT2D eigenvalue weighted by molar-refractivity contribution is 0.139. The van der Waals surface area contributed by atoms with E-state index < -0.39 is 6.43 Å². The largest absolute Gasteiger partial charge is 0.280 e. The summed E-state index contributed by atoms with van der Waals surface area (Å²) in [4.78, 5) is 0. The first-order chi connectivity index (χ1) is 8.63. The molecule has 0 radical (unpaired) electrons. The Kier molecular flexibility index (Phi) is 4.11. The van der Waals surface area contributed by atoms with Crippen LogP contribution in [0.3, 0.4) is 0 Å². The lowest BCUT2D eigenvalue weighted by atomic mass is 10.1. The molecule has 0 atom stereocenters. The highest BCUT2D eigenvalue weighted by molar-refractivity contribution is 9.08. The van der Waals surface area contributed by atoms with Gasteiger partial charge in [0.05, 0.1) is 12.7 Å². The first-order valence-electron chi connectivity index (χ1n) is 5.56. The van der Waals surface area contributed by atoms with Crippen molar-refractivity contribution in [2.24, 2.45) is 0 Å². The number of benzene rings is 1. The minimum absolute atomic E-state index is 0.00451. The lowest BCUT2D eigenvalue weighted by Crippen LogP contribution is -2.08. The molecule has 96 valence electrons. The van der Waals surface area contributed by atoms with Crippen molar-refractivity contribution in [1.82, 2.24) is 9.78 Å². The quantitative estimate of drug-likeness (QED) is 0.778. The van der Waals surface area contributed by atoms with Crippen LogP contribution in [-0.4, -0.2) is 9.78 Å². The van der Waals surface area contributed by atoms with E-state index in [2.05, 4.69) is 21.0 Å². The third kappa shape index (κ3) is 2.61. The average molecular weight is 315 g/mol. The van der Waals surface area contributed by atoms with Gasteiger partial charge in [0.1, 0.15) is 5.69 Å². The molecule has 5 heteroatoms. The summed E-state index contributed by atoms with van der Waals surface area (Å²) < 4.78 is 27.4. The van der Waals surface area contributed by atoms with E-state index in [1.165, 1.54) is 10.9 Å². The zero-order valence-electron chi connectivity index (χ0n) is 9.91. The Labute approximate surface area is 113 Å². The second-order valence-corrected chi connectivity index (χ2v) is 4.63. The van der Waals surface area contributed by atoms with Crippen molar-refractivity contribution in [3.63, 3.8) is 0 Å². The van der Waals surface area contributed by atoms with Crippen LogP contribution in [0.4, 0.5) is 8.78 Å². The highest BCUT2D eigenvalue weighted by atomic mass is 79.9. The second-order valence-electron chi connectivity index (χ2n) is 4.07. The van der Waals surface area contributed by atoms with Gasteiger partial charge >= 0.3 is 0 Å². The second kappa shape index (κ2) is 5.61. The molecule has 0 aliphatic carbocycles. The van der Waals surface area contributed by atoms with E-state index in [9.17, 15) is 8.78 Å². The molecule has 0 bridgehead atoms. The number of rotatable bonds is 4. The van der Waals surface area contributed by atoms with Crippen LogP contribution < -0.4 is 0 Å². The van der Waals surface area contributed by atoms with Crippen LogP contribution in [0.2, 0.25) is 0 Å². The third-order valence-corrected chi connectivity index (χ3v) is 3.50. The molecule has 0 aliphatic heterocycles. The van der Waals surface area contributed by atoms with Crippen LogP contribution in [0.15, 0.2) is 30.5 Å². The zero-order valence-corrected chi connectivity index (χ0v) is 11.5. The highest BCUT2D eigenvalue weighted by Gasteiger charge is 2.19. The van der Waals surface area contributed by atoms with Crippen molar-refractivity contribution in [3.8, 4) is 0 Å². The van der Waals surface area contributed by atoms with Crippen molar-refractivity contribution in [2.45, 2.75) is 25.2 Å². The molecule has 0 amide bonds. The van der Waals surface area contributed by atoms with Gasteiger partial charge in [-0.15, -0.1) is 0 Å². The summed E-state index contributed by atoms with van der Waals surface area (Å²) in [5.41, 5.74) is 2.62. The van der Waals surface area contributed by atoms with E-state index in [0.717, 1.165) is 11.1 Å². The lowest BCUT2D eigenvalue weighted by Gasteiger charge is -2.10. The molecule has 0 saturated heterocycles. The maximum Gasteiger partial charge on any atom is 0.280 e. The average Bonchev–Trinajstić information content (AvgIpc) is 2.75. The highest BCUT2D eigenvalue weighted by Crippen LogP contribution is 2.25. The van der Waals surface area contributed by atoms with Gasteiger partial charge in [0.2, 0.25) is 0 Å². The molecule has 1 aromatic carbocycles. The summed E-state index contributed by atoms with van der Waals surface area (Å²) in [5.74, 6) is 0.